The largest absolute Gasteiger partial charge is 0.454 e. The summed E-state index contributed by atoms with van der Waals surface area (Å²) in [4.78, 5) is 25.8. The normalized spacial score (nSPS) is 12.6. The zero-order valence-corrected chi connectivity index (χ0v) is 18.5. The Balaban J connectivity index is 1.62. The molecule has 1 N–H and O–H groups in total. The third-order valence-electron chi connectivity index (χ3n) is 5.15. The van der Waals surface area contributed by atoms with Crippen molar-refractivity contribution in [1.29, 1.82) is 0 Å². The van der Waals surface area contributed by atoms with Gasteiger partial charge in [-0.05, 0) is 31.2 Å². The van der Waals surface area contributed by atoms with Crippen molar-refractivity contribution >= 4 is 27.3 Å². The molecule has 1 aliphatic rings. The average Bonchev–Trinajstić information content (AvgIpc) is 3.30. The Hall–Kier alpha value is -3.73. The number of hydrogen-bond donors (Lipinski definition) is 1. The second-order valence-electron chi connectivity index (χ2n) is 7.29. The van der Waals surface area contributed by atoms with Gasteiger partial charge in [-0.25, -0.2) is 13.1 Å². The number of nitrogens with one attached hydrogen (secondary N) is 1. The predicted octanol–water partition coefficient (Wildman–Crippen LogP) is 1.62. The van der Waals surface area contributed by atoms with Crippen LogP contribution in [0.3, 0.4) is 0 Å². The van der Waals surface area contributed by atoms with Crippen molar-refractivity contribution in [2.24, 2.45) is 7.05 Å². The van der Waals surface area contributed by atoms with Gasteiger partial charge in [0.05, 0.1) is 23.3 Å². The number of ether oxygens (including phenoxy) is 2. The molecule has 3 aromatic rings. The molecule has 0 saturated heterocycles. The summed E-state index contributed by atoms with van der Waals surface area (Å²) in [6, 6.07) is 13.6. The highest BCUT2D eigenvalue weighted by Gasteiger charge is 2.25. The second-order valence-corrected chi connectivity index (χ2v) is 9.20. The van der Waals surface area contributed by atoms with E-state index in [0.717, 1.165) is 10.6 Å². The summed E-state index contributed by atoms with van der Waals surface area (Å²) in [5, 5.41) is 2.58. The molecule has 1 aliphatic heterocycles. The third-order valence-corrected chi connectivity index (χ3v) is 6.29. The van der Waals surface area contributed by atoms with Crippen LogP contribution in [0, 0.1) is 6.92 Å². The number of aromatic nitrogens is 2. The van der Waals surface area contributed by atoms with Crippen LogP contribution in [0.1, 0.15) is 5.69 Å². The lowest BCUT2D eigenvalue weighted by atomic mass is 10.2. The number of fused-ring (bicyclic) bond motifs is 1. The Labute approximate surface area is 184 Å². The Morgan fingerprint density at radius 2 is 1.81 bits per heavy atom. The molecule has 0 fully saturated rings. The van der Waals surface area contributed by atoms with Crippen molar-refractivity contribution in [2.45, 2.75) is 6.92 Å². The van der Waals surface area contributed by atoms with Crippen LogP contribution in [0.4, 0.5) is 11.4 Å². The molecule has 0 saturated carbocycles. The molecule has 4 rings (SSSR count). The first kappa shape index (κ1) is 21.5. The first-order chi connectivity index (χ1) is 15.2. The summed E-state index contributed by atoms with van der Waals surface area (Å²) in [6.45, 7) is 1.22. The standard InChI is InChI=1S/C21H22N4O6S/c1-14-20(21(27)25(23(14)2)15-7-5-4-6-8-15)22-19(26)12-24(32(3,28)29)16-9-10-17-18(11-16)31-13-30-17/h4-11H,12-13H2,1-3H3,(H,22,26). The van der Waals surface area contributed by atoms with Gasteiger partial charge < -0.3 is 14.8 Å². The number of nitrogens with zero attached hydrogens (tertiary/aromatic N) is 3. The van der Waals surface area contributed by atoms with Gasteiger partial charge in [0, 0.05) is 13.1 Å². The molecule has 0 spiro atoms. The minimum atomic E-state index is -3.80. The monoisotopic (exact) mass is 458 g/mol. The molecule has 10 nitrogen and oxygen atoms in total. The molecule has 0 unspecified atom stereocenters. The number of carbonyl (C=O) groups is 1. The maximum atomic E-state index is 13.0. The van der Waals surface area contributed by atoms with Crippen LogP contribution in [-0.2, 0) is 21.9 Å². The highest BCUT2D eigenvalue weighted by atomic mass is 32.2. The molecule has 2 heterocycles. The summed E-state index contributed by atoms with van der Waals surface area (Å²) in [6.07, 6.45) is 1.00. The highest BCUT2D eigenvalue weighted by Crippen LogP contribution is 2.36. The Bertz CT molecular complexity index is 1340. The summed E-state index contributed by atoms with van der Waals surface area (Å²) >= 11 is 0. The fourth-order valence-electron chi connectivity index (χ4n) is 3.46. The van der Waals surface area contributed by atoms with Crippen LogP contribution in [0.25, 0.3) is 5.69 Å². The number of carbonyl (C=O) groups excluding carboxylic acids is 1. The lowest BCUT2D eigenvalue weighted by Crippen LogP contribution is -2.38. The zero-order chi connectivity index (χ0) is 23.0. The molecule has 32 heavy (non-hydrogen) atoms. The number of benzene rings is 2. The van der Waals surface area contributed by atoms with Gasteiger partial charge in [-0.1, -0.05) is 18.2 Å². The fraction of sp³-hybridized carbons (Fsp3) is 0.238. The summed E-state index contributed by atoms with van der Waals surface area (Å²) in [7, 11) is -2.10. The van der Waals surface area contributed by atoms with Crippen LogP contribution >= 0.6 is 0 Å². The summed E-state index contributed by atoms with van der Waals surface area (Å²) in [5.41, 5.74) is 1.08. The van der Waals surface area contributed by atoms with E-state index in [-0.39, 0.29) is 18.2 Å². The zero-order valence-electron chi connectivity index (χ0n) is 17.7. The van der Waals surface area contributed by atoms with E-state index >= 15 is 0 Å². The highest BCUT2D eigenvalue weighted by molar-refractivity contribution is 7.92. The number of para-hydroxylation sites is 1. The SMILES string of the molecule is Cc1c(NC(=O)CN(c2ccc3c(c2)OCO3)S(C)(=O)=O)c(=O)n(-c2ccccc2)n1C. The molecule has 1 amide bonds. The van der Waals surface area contributed by atoms with Crippen molar-refractivity contribution in [1.82, 2.24) is 9.36 Å². The van der Waals surface area contributed by atoms with E-state index in [2.05, 4.69) is 5.32 Å². The van der Waals surface area contributed by atoms with Gasteiger partial charge in [-0.3, -0.25) is 18.6 Å². The van der Waals surface area contributed by atoms with Gasteiger partial charge in [0.1, 0.15) is 12.2 Å². The van der Waals surface area contributed by atoms with Crippen molar-refractivity contribution in [3.63, 3.8) is 0 Å². The Kier molecular flexibility index (Phi) is 5.43. The van der Waals surface area contributed by atoms with Crippen LogP contribution in [0.5, 0.6) is 11.5 Å². The smallest absolute Gasteiger partial charge is 0.295 e. The van der Waals surface area contributed by atoms with Crippen molar-refractivity contribution < 1.29 is 22.7 Å². The van der Waals surface area contributed by atoms with Crippen LogP contribution in [0.2, 0.25) is 0 Å². The van der Waals surface area contributed by atoms with Gasteiger partial charge in [-0.15, -0.1) is 0 Å². The van der Waals surface area contributed by atoms with E-state index in [9.17, 15) is 18.0 Å². The molecular formula is C21H22N4O6S. The first-order valence-corrected chi connectivity index (χ1v) is 11.5. The van der Waals surface area contributed by atoms with Gasteiger partial charge in [0.2, 0.25) is 22.7 Å². The third kappa shape index (κ3) is 3.94. The Morgan fingerprint density at radius 1 is 1.12 bits per heavy atom. The molecule has 168 valence electrons. The van der Waals surface area contributed by atoms with Crippen LogP contribution in [0.15, 0.2) is 53.3 Å². The molecule has 2 aromatic carbocycles. The molecule has 0 aliphatic carbocycles. The van der Waals surface area contributed by atoms with E-state index in [0.29, 0.717) is 22.9 Å². The molecular weight excluding hydrogens is 436 g/mol. The summed E-state index contributed by atoms with van der Waals surface area (Å²) in [5.74, 6) is 0.230. The molecule has 11 heteroatoms. The lowest BCUT2D eigenvalue weighted by molar-refractivity contribution is -0.114. The van der Waals surface area contributed by atoms with E-state index in [1.54, 1.807) is 49.0 Å². The second kappa shape index (κ2) is 8.08. The first-order valence-electron chi connectivity index (χ1n) is 9.68. The topological polar surface area (TPSA) is 112 Å². The minimum Gasteiger partial charge on any atom is -0.454 e. The van der Waals surface area contributed by atoms with Crippen molar-refractivity contribution in [3.05, 3.63) is 64.6 Å². The molecule has 0 atom stereocenters. The van der Waals surface area contributed by atoms with Gasteiger partial charge in [0.25, 0.3) is 5.56 Å². The van der Waals surface area contributed by atoms with Gasteiger partial charge in [-0.2, -0.15) is 0 Å². The number of anilines is 2. The van der Waals surface area contributed by atoms with E-state index < -0.39 is 28.0 Å². The number of amides is 1. The average molecular weight is 458 g/mol. The van der Waals surface area contributed by atoms with Crippen LogP contribution in [-0.4, -0.2) is 43.3 Å². The predicted molar refractivity (Wildman–Crippen MR) is 119 cm³/mol. The number of hydrogen-bond acceptors (Lipinski definition) is 6. The molecule has 1 aromatic heterocycles. The maximum absolute atomic E-state index is 13.0. The van der Waals surface area contributed by atoms with E-state index in [4.69, 9.17) is 9.47 Å². The minimum absolute atomic E-state index is 0.0408. The Morgan fingerprint density at radius 3 is 2.50 bits per heavy atom. The molecule has 0 radical (unpaired) electrons. The van der Waals surface area contributed by atoms with Crippen molar-refractivity contribution in [2.75, 3.05) is 29.2 Å². The van der Waals surface area contributed by atoms with Crippen molar-refractivity contribution in [3.8, 4) is 17.2 Å². The van der Waals surface area contributed by atoms with Gasteiger partial charge >= 0.3 is 0 Å². The fourth-order valence-corrected chi connectivity index (χ4v) is 4.31. The quantitative estimate of drug-likeness (QED) is 0.601. The number of rotatable bonds is 6. The van der Waals surface area contributed by atoms with E-state index in [1.807, 2.05) is 6.07 Å². The van der Waals surface area contributed by atoms with Crippen LogP contribution < -0.4 is 24.7 Å². The summed E-state index contributed by atoms with van der Waals surface area (Å²) < 4.78 is 39.3. The van der Waals surface area contributed by atoms with E-state index in [1.165, 1.54) is 16.8 Å². The molecule has 0 bridgehead atoms. The number of sulfonamides is 1. The van der Waals surface area contributed by atoms with Gasteiger partial charge in [0.15, 0.2) is 11.5 Å². The maximum Gasteiger partial charge on any atom is 0.295 e. The lowest BCUT2D eigenvalue weighted by Gasteiger charge is -2.22.